The Labute approximate surface area is 126 Å². The number of Topliss-reactive ketones (excluding diaryl/α,β-unsaturated/α-hetero) is 1. The predicted octanol–water partition coefficient (Wildman–Crippen LogP) is 1.46. The molecule has 0 unspecified atom stereocenters. The van der Waals surface area contributed by atoms with E-state index in [1.165, 1.54) is 0 Å². The third kappa shape index (κ3) is 3.80. The number of nitrogens with one attached hydrogen (secondary N) is 1. The Bertz CT molecular complexity index is 519. The van der Waals surface area contributed by atoms with Gasteiger partial charge in [0.15, 0.2) is 5.78 Å². The van der Waals surface area contributed by atoms with Crippen molar-refractivity contribution in [1.82, 2.24) is 10.2 Å². The smallest absolute Gasteiger partial charge is 0.221 e. The molecule has 1 fully saturated rings. The molecule has 1 saturated heterocycles. The first-order chi connectivity index (χ1) is 9.60. The number of methoxy groups -OCH3 is 1. The molecule has 0 aliphatic carbocycles. The Morgan fingerprint density at radius 2 is 2.25 bits per heavy atom. The summed E-state index contributed by atoms with van der Waals surface area (Å²) < 4.78 is 5.91. The lowest BCUT2D eigenvalue weighted by Gasteiger charge is -2.18. The van der Waals surface area contributed by atoms with Crippen molar-refractivity contribution in [1.29, 1.82) is 0 Å². The summed E-state index contributed by atoms with van der Waals surface area (Å²) in [6, 6.07) is 5.29. The maximum Gasteiger partial charge on any atom is 0.221 e. The Hall–Kier alpha value is -1.40. The lowest BCUT2D eigenvalue weighted by atomic mass is 10.1. The van der Waals surface area contributed by atoms with Gasteiger partial charge in [0.25, 0.3) is 0 Å². The van der Waals surface area contributed by atoms with E-state index >= 15 is 0 Å². The Morgan fingerprint density at radius 1 is 1.45 bits per heavy atom. The minimum absolute atomic E-state index is 0.0442. The number of rotatable bonds is 4. The Kier molecular flexibility index (Phi) is 5.14. The lowest BCUT2D eigenvalue weighted by Crippen LogP contribution is -2.33. The largest absolute Gasteiger partial charge is 0.496 e. The molecule has 1 aliphatic rings. The van der Waals surface area contributed by atoms with Crippen LogP contribution in [0.25, 0.3) is 0 Å². The molecule has 1 aromatic rings. The number of benzene rings is 1. The first-order valence-electron chi connectivity index (χ1n) is 6.46. The van der Waals surface area contributed by atoms with Gasteiger partial charge >= 0.3 is 0 Å². The molecule has 1 heterocycles. The van der Waals surface area contributed by atoms with Gasteiger partial charge in [-0.2, -0.15) is 0 Å². The van der Waals surface area contributed by atoms with Crippen LogP contribution in [-0.4, -0.2) is 49.9 Å². The topological polar surface area (TPSA) is 58.6 Å². The van der Waals surface area contributed by atoms with Crippen molar-refractivity contribution in [3.8, 4) is 5.75 Å². The monoisotopic (exact) mass is 340 g/mol. The van der Waals surface area contributed by atoms with Crippen LogP contribution in [0.4, 0.5) is 0 Å². The van der Waals surface area contributed by atoms with Gasteiger partial charge in [-0.25, -0.2) is 0 Å². The molecule has 6 heteroatoms. The average molecular weight is 341 g/mol. The lowest BCUT2D eigenvalue weighted by molar-refractivity contribution is -0.120. The van der Waals surface area contributed by atoms with Crippen LogP contribution in [0.5, 0.6) is 5.75 Å². The van der Waals surface area contributed by atoms with E-state index in [0.29, 0.717) is 43.9 Å². The quantitative estimate of drug-likeness (QED) is 0.843. The summed E-state index contributed by atoms with van der Waals surface area (Å²) in [5.74, 6) is 0.793. The standard InChI is InChI=1S/C14H17BrN2O3/c1-20-13-3-2-10(8-11(13)15)12(18)9-17-6-4-14(19)16-5-7-17/h2-3,8H,4-7,9H2,1H3,(H,16,19). The summed E-state index contributed by atoms with van der Waals surface area (Å²) >= 11 is 3.38. The molecule has 1 N–H and O–H groups in total. The van der Waals surface area contributed by atoms with Crippen LogP contribution in [0.15, 0.2) is 22.7 Å². The van der Waals surface area contributed by atoms with Crippen molar-refractivity contribution in [2.24, 2.45) is 0 Å². The fourth-order valence-corrected chi connectivity index (χ4v) is 2.65. The molecule has 1 amide bonds. The SMILES string of the molecule is COc1ccc(C(=O)CN2CCNC(=O)CC2)cc1Br. The number of nitrogens with zero attached hydrogens (tertiary/aromatic N) is 1. The van der Waals surface area contributed by atoms with Crippen molar-refractivity contribution in [2.75, 3.05) is 33.3 Å². The molecule has 0 spiro atoms. The zero-order valence-corrected chi connectivity index (χ0v) is 12.9. The zero-order valence-electron chi connectivity index (χ0n) is 11.3. The van der Waals surface area contributed by atoms with Gasteiger partial charge < -0.3 is 10.1 Å². The maximum atomic E-state index is 12.2. The van der Waals surface area contributed by atoms with Crippen LogP contribution in [-0.2, 0) is 4.79 Å². The molecule has 0 radical (unpaired) electrons. The number of ether oxygens (including phenoxy) is 1. The second-order valence-corrected chi connectivity index (χ2v) is 5.50. The third-order valence-electron chi connectivity index (χ3n) is 3.25. The summed E-state index contributed by atoms with van der Waals surface area (Å²) in [5, 5.41) is 2.80. The Balaban J connectivity index is 2.00. The fourth-order valence-electron chi connectivity index (χ4n) is 2.11. The molecule has 108 valence electrons. The van der Waals surface area contributed by atoms with E-state index in [0.717, 1.165) is 4.47 Å². The minimum atomic E-state index is 0.0442. The van der Waals surface area contributed by atoms with E-state index in [9.17, 15) is 9.59 Å². The van der Waals surface area contributed by atoms with Crippen LogP contribution in [0, 0.1) is 0 Å². The van der Waals surface area contributed by atoms with Crippen LogP contribution in [0.3, 0.4) is 0 Å². The van der Waals surface area contributed by atoms with E-state index in [1.807, 2.05) is 4.90 Å². The molecule has 1 aromatic carbocycles. The molecule has 2 rings (SSSR count). The van der Waals surface area contributed by atoms with Gasteiger partial charge in [-0.15, -0.1) is 0 Å². The van der Waals surface area contributed by atoms with E-state index < -0.39 is 0 Å². The third-order valence-corrected chi connectivity index (χ3v) is 3.87. The molecular weight excluding hydrogens is 324 g/mol. The number of amides is 1. The highest BCUT2D eigenvalue weighted by atomic mass is 79.9. The highest BCUT2D eigenvalue weighted by Crippen LogP contribution is 2.25. The summed E-state index contributed by atoms with van der Waals surface area (Å²) in [7, 11) is 1.59. The fraction of sp³-hybridized carbons (Fsp3) is 0.429. The number of hydrogen-bond donors (Lipinski definition) is 1. The van der Waals surface area contributed by atoms with Gasteiger partial charge in [0.1, 0.15) is 5.75 Å². The van der Waals surface area contributed by atoms with Gasteiger partial charge in [0.2, 0.25) is 5.91 Å². The number of carbonyl (C=O) groups excluding carboxylic acids is 2. The van der Waals surface area contributed by atoms with Crippen molar-refractivity contribution < 1.29 is 14.3 Å². The molecule has 20 heavy (non-hydrogen) atoms. The van der Waals surface area contributed by atoms with Gasteiger partial charge in [-0.3, -0.25) is 14.5 Å². The first-order valence-corrected chi connectivity index (χ1v) is 7.25. The van der Waals surface area contributed by atoms with Gasteiger partial charge in [0.05, 0.1) is 18.1 Å². The summed E-state index contributed by atoms with van der Waals surface area (Å²) in [5.41, 5.74) is 0.640. The van der Waals surface area contributed by atoms with Crippen LogP contribution in [0.2, 0.25) is 0 Å². The minimum Gasteiger partial charge on any atom is -0.496 e. The van der Waals surface area contributed by atoms with Gasteiger partial charge in [-0.1, -0.05) is 0 Å². The van der Waals surface area contributed by atoms with Crippen LogP contribution < -0.4 is 10.1 Å². The van der Waals surface area contributed by atoms with Crippen LogP contribution >= 0.6 is 15.9 Å². The first kappa shape index (κ1) is 15.0. The highest BCUT2D eigenvalue weighted by Gasteiger charge is 2.17. The highest BCUT2D eigenvalue weighted by molar-refractivity contribution is 9.10. The summed E-state index contributed by atoms with van der Waals surface area (Å²) in [4.78, 5) is 25.5. The Morgan fingerprint density at radius 3 is 2.95 bits per heavy atom. The average Bonchev–Trinajstić information content (AvgIpc) is 2.63. The second-order valence-electron chi connectivity index (χ2n) is 4.65. The van der Waals surface area contributed by atoms with Crippen molar-refractivity contribution in [3.05, 3.63) is 28.2 Å². The molecule has 0 saturated carbocycles. The zero-order chi connectivity index (χ0) is 14.5. The predicted molar refractivity (Wildman–Crippen MR) is 79.1 cm³/mol. The van der Waals surface area contributed by atoms with Crippen molar-refractivity contribution >= 4 is 27.6 Å². The number of carbonyl (C=O) groups is 2. The molecule has 0 bridgehead atoms. The molecular formula is C14H17BrN2O3. The van der Waals surface area contributed by atoms with E-state index in [4.69, 9.17) is 4.74 Å². The van der Waals surface area contributed by atoms with Crippen molar-refractivity contribution in [3.63, 3.8) is 0 Å². The second kappa shape index (κ2) is 6.85. The van der Waals surface area contributed by atoms with Gasteiger partial charge in [-0.05, 0) is 34.1 Å². The summed E-state index contributed by atoms with van der Waals surface area (Å²) in [6.07, 6.45) is 0.444. The molecule has 1 aliphatic heterocycles. The molecule has 5 nitrogen and oxygen atoms in total. The van der Waals surface area contributed by atoms with Crippen molar-refractivity contribution in [2.45, 2.75) is 6.42 Å². The molecule has 0 aromatic heterocycles. The number of halogens is 1. The summed E-state index contributed by atoms with van der Waals surface area (Å²) in [6.45, 7) is 2.25. The van der Waals surface area contributed by atoms with E-state index in [-0.39, 0.29) is 11.7 Å². The van der Waals surface area contributed by atoms with Crippen LogP contribution in [0.1, 0.15) is 16.8 Å². The number of ketones is 1. The number of hydrogen-bond acceptors (Lipinski definition) is 4. The normalized spacial score (nSPS) is 16.4. The van der Waals surface area contributed by atoms with Gasteiger partial charge in [0, 0.05) is 31.6 Å². The van der Waals surface area contributed by atoms with E-state index in [2.05, 4.69) is 21.2 Å². The maximum absolute atomic E-state index is 12.2. The van der Waals surface area contributed by atoms with E-state index in [1.54, 1.807) is 25.3 Å². The molecule has 0 atom stereocenters.